The van der Waals surface area contributed by atoms with Gasteiger partial charge in [-0.1, -0.05) is 0 Å². The van der Waals surface area contributed by atoms with Gasteiger partial charge in [0.25, 0.3) is 0 Å². The lowest BCUT2D eigenvalue weighted by Crippen LogP contribution is -2.05. The van der Waals surface area contributed by atoms with Crippen LogP contribution >= 0.6 is 0 Å². The number of benzene rings is 2. The van der Waals surface area contributed by atoms with Crippen molar-refractivity contribution in [3.05, 3.63) is 42.2 Å². The van der Waals surface area contributed by atoms with E-state index in [1.165, 1.54) is 6.07 Å². The van der Waals surface area contributed by atoms with Gasteiger partial charge in [-0.05, 0) is 36.4 Å². The number of anilines is 1. The highest BCUT2D eigenvalue weighted by Gasteiger charge is 2.13. The largest absolute Gasteiger partial charge is 0.488 e. The van der Waals surface area contributed by atoms with Crippen molar-refractivity contribution in [3.63, 3.8) is 0 Å². The standard InChI is InChI=1S/C17H18FN3O2/c1-21-15-6-4-12(19)10-13(15)17(20-21)11-3-5-14(18)16(9-11)23-8-7-22-2/h3-6,9-10H,7-8,19H2,1-2H3. The summed E-state index contributed by atoms with van der Waals surface area (Å²) in [6.45, 7) is 0.680. The Hall–Kier alpha value is -2.60. The number of nitrogens with two attached hydrogens (primary N) is 1. The first-order chi connectivity index (χ1) is 11.1. The summed E-state index contributed by atoms with van der Waals surface area (Å²) >= 11 is 0. The van der Waals surface area contributed by atoms with Crippen LogP contribution in [0.2, 0.25) is 0 Å². The summed E-state index contributed by atoms with van der Waals surface area (Å²) in [4.78, 5) is 0. The number of hydrogen-bond donors (Lipinski definition) is 1. The van der Waals surface area contributed by atoms with E-state index < -0.39 is 5.82 Å². The summed E-state index contributed by atoms with van der Waals surface area (Å²) in [6, 6.07) is 10.3. The van der Waals surface area contributed by atoms with Crippen LogP contribution in [0.4, 0.5) is 10.1 Å². The minimum Gasteiger partial charge on any atom is -0.488 e. The molecule has 6 heteroatoms. The second kappa shape index (κ2) is 6.26. The van der Waals surface area contributed by atoms with E-state index in [9.17, 15) is 4.39 Å². The molecule has 0 spiro atoms. The van der Waals surface area contributed by atoms with Gasteiger partial charge in [-0.2, -0.15) is 5.10 Å². The van der Waals surface area contributed by atoms with E-state index in [4.69, 9.17) is 15.2 Å². The molecule has 2 aromatic carbocycles. The molecule has 0 aliphatic rings. The highest BCUT2D eigenvalue weighted by Crippen LogP contribution is 2.32. The molecule has 3 rings (SSSR count). The van der Waals surface area contributed by atoms with Crippen molar-refractivity contribution in [3.8, 4) is 17.0 Å². The van der Waals surface area contributed by atoms with Gasteiger partial charge in [0.05, 0.1) is 12.1 Å². The van der Waals surface area contributed by atoms with E-state index >= 15 is 0 Å². The molecule has 5 nitrogen and oxygen atoms in total. The minimum atomic E-state index is -0.412. The van der Waals surface area contributed by atoms with Gasteiger partial charge >= 0.3 is 0 Å². The van der Waals surface area contributed by atoms with E-state index in [0.717, 1.165) is 22.2 Å². The molecule has 0 atom stereocenters. The quantitative estimate of drug-likeness (QED) is 0.581. The fourth-order valence-electron chi connectivity index (χ4n) is 2.49. The summed E-state index contributed by atoms with van der Waals surface area (Å²) in [5.74, 6) is -0.230. The second-order valence-electron chi connectivity index (χ2n) is 5.24. The average molecular weight is 315 g/mol. The lowest BCUT2D eigenvalue weighted by molar-refractivity contribution is 0.144. The highest BCUT2D eigenvalue weighted by atomic mass is 19.1. The Morgan fingerprint density at radius 3 is 2.78 bits per heavy atom. The molecule has 0 saturated heterocycles. The molecule has 2 N–H and O–H groups in total. The number of rotatable bonds is 5. The zero-order valence-corrected chi connectivity index (χ0v) is 13.0. The van der Waals surface area contributed by atoms with Crippen LogP contribution < -0.4 is 10.5 Å². The molecular formula is C17H18FN3O2. The van der Waals surface area contributed by atoms with Crippen LogP contribution in [0.15, 0.2) is 36.4 Å². The third-order valence-corrected chi connectivity index (χ3v) is 3.62. The zero-order valence-electron chi connectivity index (χ0n) is 13.0. The predicted octanol–water partition coefficient (Wildman–Crippen LogP) is 2.99. The smallest absolute Gasteiger partial charge is 0.165 e. The van der Waals surface area contributed by atoms with Gasteiger partial charge < -0.3 is 15.2 Å². The first-order valence-electron chi connectivity index (χ1n) is 7.24. The molecule has 0 unspecified atom stereocenters. The van der Waals surface area contributed by atoms with Crippen LogP contribution in [-0.2, 0) is 11.8 Å². The number of fused-ring (bicyclic) bond motifs is 1. The van der Waals surface area contributed by atoms with Gasteiger partial charge in [-0.3, -0.25) is 4.68 Å². The lowest BCUT2D eigenvalue weighted by Gasteiger charge is -2.08. The van der Waals surface area contributed by atoms with E-state index in [1.54, 1.807) is 23.9 Å². The molecule has 0 saturated carbocycles. The maximum atomic E-state index is 13.9. The summed E-state index contributed by atoms with van der Waals surface area (Å²) < 4.78 is 26.0. The molecule has 0 fully saturated rings. The van der Waals surface area contributed by atoms with Crippen LogP contribution in [0.25, 0.3) is 22.2 Å². The average Bonchev–Trinajstić information content (AvgIpc) is 2.86. The van der Waals surface area contributed by atoms with Crippen LogP contribution in [0.5, 0.6) is 5.75 Å². The third-order valence-electron chi connectivity index (χ3n) is 3.62. The molecule has 0 bridgehead atoms. The van der Waals surface area contributed by atoms with E-state index in [0.29, 0.717) is 12.3 Å². The van der Waals surface area contributed by atoms with Crippen LogP contribution in [-0.4, -0.2) is 30.1 Å². The van der Waals surface area contributed by atoms with Crippen LogP contribution in [0.3, 0.4) is 0 Å². The summed E-state index contributed by atoms with van der Waals surface area (Å²) in [5, 5.41) is 5.45. The second-order valence-corrected chi connectivity index (χ2v) is 5.24. The Kier molecular flexibility index (Phi) is 4.16. The van der Waals surface area contributed by atoms with Crippen molar-refractivity contribution in [2.45, 2.75) is 0 Å². The lowest BCUT2D eigenvalue weighted by atomic mass is 10.1. The van der Waals surface area contributed by atoms with E-state index in [2.05, 4.69) is 5.10 Å². The van der Waals surface area contributed by atoms with Crippen molar-refractivity contribution in [2.75, 3.05) is 26.1 Å². The van der Waals surface area contributed by atoms with E-state index in [-0.39, 0.29) is 12.4 Å². The van der Waals surface area contributed by atoms with Gasteiger partial charge in [-0.25, -0.2) is 4.39 Å². The van der Waals surface area contributed by atoms with Gasteiger partial charge in [-0.15, -0.1) is 0 Å². The van der Waals surface area contributed by atoms with Crippen molar-refractivity contribution in [1.29, 1.82) is 0 Å². The maximum Gasteiger partial charge on any atom is 0.165 e. The molecule has 0 amide bonds. The predicted molar refractivity (Wildman–Crippen MR) is 87.9 cm³/mol. The molecule has 1 aromatic heterocycles. The van der Waals surface area contributed by atoms with Crippen LogP contribution in [0, 0.1) is 5.82 Å². The van der Waals surface area contributed by atoms with Crippen LogP contribution in [0.1, 0.15) is 0 Å². The monoisotopic (exact) mass is 315 g/mol. The Morgan fingerprint density at radius 1 is 1.17 bits per heavy atom. The summed E-state index contributed by atoms with van der Waals surface area (Å²) in [6.07, 6.45) is 0. The third kappa shape index (κ3) is 2.98. The number of nitrogen functional groups attached to an aromatic ring is 1. The molecule has 0 aliphatic carbocycles. The number of hydrogen-bond acceptors (Lipinski definition) is 4. The van der Waals surface area contributed by atoms with Crippen molar-refractivity contribution in [2.24, 2.45) is 7.05 Å². The van der Waals surface area contributed by atoms with Crippen molar-refractivity contribution >= 4 is 16.6 Å². The SMILES string of the molecule is COCCOc1cc(-c2nn(C)c3ccc(N)cc23)ccc1F. The van der Waals surface area contributed by atoms with Gasteiger partial charge in [0.15, 0.2) is 11.6 Å². The summed E-state index contributed by atoms with van der Waals surface area (Å²) in [5.41, 5.74) is 9.01. The van der Waals surface area contributed by atoms with Crippen molar-refractivity contribution < 1.29 is 13.9 Å². The molecule has 120 valence electrons. The molecular weight excluding hydrogens is 297 g/mol. The highest BCUT2D eigenvalue weighted by molar-refractivity contribution is 5.95. The Labute approximate surface area is 133 Å². The molecule has 1 heterocycles. The molecule has 0 radical (unpaired) electrons. The topological polar surface area (TPSA) is 62.3 Å². The Bertz CT molecular complexity index is 845. The molecule has 0 aliphatic heterocycles. The number of aryl methyl sites for hydroxylation is 1. The Balaban J connectivity index is 2.05. The summed E-state index contributed by atoms with van der Waals surface area (Å²) in [7, 11) is 3.43. The first kappa shape index (κ1) is 15.3. The normalized spacial score (nSPS) is 11.1. The maximum absolute atomic E-state index is 13.9. The zero-order chi connectivity index (χ0) is 16.4. The number of nitrogens with zero attached hydrogens (tertiary/aromatic N) is 2. The van der Waals surface area contributed by atoms with E-state index in [1.807, 2.05) is 25.2 Å². The number of aromatic nitrogens is 2. The fraction of sp³-hybridized carbons (Fsp3) is 0.235. The number of ether oxygens (including phenoxy) is 2. The van der Waals surface area contributed by atoms with Gasteiger partial charge in [0.2, 0.25) is 0 Å². The first-order valence-corrected chi connectivity index (χ1v) is 7.24. The number of halogens is 1. The van der Waals surface area contributed by atoms with Gasteiger partial charge in [0.1, 0.15) is 12.3 Å². The van der Waals surface area contributed by atoms with Crippen molar-refractivity contribution in [1.82, 2.24) is 9.78 Å². The fourth-order valence-corrected chi connectivity index (χ4v) is 2.49. The Morgan fingerprint density at radius 2 is 2.00 bits per heavy atom. The molecule has 23 heavy (non-hydrogen) atoms. The minimum absolute atomic E-state index is 0.183. The van der Waals surface area contributed by atoms with Gasteiger partial charge in [0, 0.05) is 30.8 Å². The number of methoxy groups -OCH3 is 1. The molecule has 3 aromatic rings.